The van der Waals surface area contributed by atoms with Crippen LogP contribution in [0.15, 0.2) is 36.4 Å². The molecular formula is C25H31ClFN3O5. The van der Waals surface area contributed by atoms with E-state index < -0.39 is 0 Å². The molecule has 0 radical (unpaired) electrons. The first kappa shape index (κ1) is 26.7. The van der Waals surface area contributed by atoms with Crippen molar-refractivity contribution in [3.05, 3.63) is 52.8 Å². The van der Waals surface area contributed by atoms with Crippen molar-refractivity contribution >= 4 is 29.1 Å². The number of benzene rings is 2. The van der Waals surface area contributed by atoms with E-state index in [1.165, 1.54) is 38.3 Å². The predicted octanol–water partition coefficient (Wildman–Crippen LogP) is 3.73. The van der Waals surface area contributed by atoms with Gasteiger partial charge in [0.25, 0.3) is 5.91 Å². The Bertz CT molecular complexity index is 1020. The van der Waals surface area contributed by atoms with Crippen molar-refractivity contribution in [2.24, 2.45) is 0 Å². The molecular weight excluding hydrogens is 477 g/mol. The molecule has 1 aliphatic heterocycles. The Kier molecular flexibility index (Phi) is 9.71. The molecule has 2 amide bonds. The van der Waals surface area contributed by atoms with Crippen molar-refractivity contribution < 1.29 is 28.2 Å². The van der Waals surface area contributed by atoms with E-state index in [0.29, 0.717) is 36.8 Å². The van der Waals surface area contributed by atoms with Crippen molar-refractivity contribution in [1.82, 2.24) is 10.2 Å². The summed E-state index contributed by atoms with van der Waals surface area (Å²) in [5.74, 6) is 0.0575. The van der Waals surface area contributed by atoms with Gasteiger partial charge in [-0.15, -0.1) is 0 Å². The minimum absolute atomic E-state index is 0.183. The molecule has 1 saturated heterocycles. The van der Waals surface area contributed by atoms with Crippen LogP contribution in [0.5, 0.6) is 11.5 Å². The van der Waals surface area contributed by atoms with Gasteiger partial charge in [-0.3, -0.25) is 9.59 Å². The van der Waals surface area contributed by atoms with E-state index in [1.807, 2.05) is 0 Å². The van der Waals surface area contributed by atoms with Gasteiger partial charge in [0.1, 0.15) is 17.3 Å². The monoisotopic (exact) mass is 507 g/mol. The molecule has 2 unspecified atom stereocenters. The van der Waals surface area contributed by atoms with Gasteiger partial charge in [0.2, 0.25) is 5.91 Å². The van der Waals surface area contributed by atoms with Crippen LogP contribution in [0, 0.1) is 5.82 Å². The number of nitrogens with zero attached hydrogens (tertiary/aromatic N) is 1. The number of carbonyl (C=O) groups excluding carboxylic acids is 2. The molecule has 10 heteroatoms. The number of rotatable bonds is 10. The molecule has 1 heterocycles. The second-order valence-electron chi connectivity index (χ2n) is 8.31. The van der Waals surface area contributed by atoms with Crippen LogP contribution in [-0.4, -0.2) is 69.3 Å². The topological polar surface area (TPSA) is 89.1 Å². The second kappa shape index (κ2) is 12.7. The van der Waals surface area contributed by atoms with Crippen molar-refractivity contribution in [2.45, 2.75) is 31.9 Å². The number of ether oxygens (including phenoxy) is 3. The zero-order valence-corrected chi connectivity index (χ0v) is 20.9. The molecule has 2 aromatic rings. The summed E-state index contributed by atoms with van der Waals surface area (Å²) in [5.41, 5.74) is 0.654. The number of piperidine rings is 1. The lowest BCUT2D eigenvalue weighted by atomic mass is 10.0. The van der Waals surface area contributed by atoms with Gasteiger partial charge in [0, 0.05) is 39.7 Å². The van der Waals surface area contributed by atoms with Gasteiger partial charge in [-0.1, -0.05) is 11.6 Å². The summed E-state index contributed by atoms with van der Waals surface area (Å²) >= 11 is 6.26. The van der Waals surface area contributed by atoms with E-state index in [1.54, 1.807) is 19.2 Å². The van der Waals surface area contributed by atoms with Crippen LogP contribution in [0.25, 0.3) is 0 Å². The quantitative estimate of drug-likeness (QED) is 0.476. The lowest BCUT2D eigenvalue weighted by Crippen LogP contribution is -2.55. The fourth-order valence-electron chi connectivity index (χ4n) is 4.03. The Morgan fingerprint density at radius 3 is 2.60 bits per heavy atom. The standard InChI is InChI=1S/C25H31ClFN3O5/c1-16(31)28-22-14-23(33-2)19(13-20(22)26)25(32)29-21-9-11-30(15-24(21)34-3)10-4-12-35-18-7-5-17(27)6-8-18/h5-8,13-14,21,24H,4,9-12,15H2,1-3H3,(H,28,31)(H,29,32). The van der Waals surface area contributed by atoms with Gasteiger partial charge >= 0.3 is 0 Å². The summed E-state index contributed by atoms with van der Waals surface area (Å²) in [6, 6.07) is 8.80. The Labute approximate surface area is 209 Å². The van der Waals surface area contributed by atoms with E-state index in [2.05, 4.69) is 15.5 Å². The highest BCUT2D eigenvalue weighted by Crippen LogP contribution is 2.31. The highest BCUT2D eigenvalue weighted by atomic mass is 35.5. The SMILES string of the molecule is COc1cc(NC(C)=O)c(Cl)cc1C(=O)NC1CCN(CCCOc2ccc(F)cc2)CC1OC. The number of halogens is 2. The average molecular weight is 508 g/mol. The first-order valence-corrected chi connectivity index (χ1v) is 11.8. The van der Waals surface area contributed by atoms with E-state index in [0.717, 1.165) is 19.5 Å². The van der Waals surface area contributed by atoms with Crippen molar-refractivity contribution in [3.8, 4) is 11.5 Å². The van der Waals surface area contributed by atoms with Gasteiger partial charge < -0.3 is 29.7 Å². The predicted molar refractivity (Wildman–Crippen MR) is 132 cm³/mol. The average Bonchev–Trinajstić information content (AvgIpc) is 2.84. The lowest BCUT2D eigenvalue weighted by Gasteiger charge is -2.38. The molecule has 35 heavy (non-hydrogen) atoms. The smallest absolute Gasteiger partial charge is 0.255 e. The summed E-state index contributed by atoms with van der Waals surface area (Å²) in [4.78, 5) is 26.7. The van der Waals surface area contributed by atoms with E-state index in [4.69, 9.17) is 25.8 Å². The minimum atomic E-state index is -0.327. The first-order valence-electron chi connectivity index (χ1n) is 11.4. The molecule has 190 valence electrons. The van der Waals surface area contributed by atoms with Crippen LogP contribution < -0.4 is 20.1 Å². The van der Waals surface area contributed by atoms with Crippen LogP contribution in [0.1, 0.15) is 30.1 Å². The Hall–Kier alpha value is -2.88. The number of hydrogen-bond donors (Lipinski definition) is 2. The fourth-order valence-corrected chi connectivity index (χ4v) is 4.24. The molecule has 0 bridgehead atoms. The molecule has 0 saturated carbocycles. The number of methoxy groups -OCH3 is 2. The molecule has 1 aliphatic rings. The van der Waals surface area contributed by atoms with E-state index in [9.17, 15) is 14.0 Å². The molecule has 2 aromatic carbocycles. The Balaban J connectivity index is 1.53. The van der Waals surface area contributed by atoms with Crippen LogP contribution in [0.2, 0.25) is 5.02 Å². The van der Waals surface area contributed by atoms with Crippen LogP contribution in [-0.2, 0) is 9.53 Å². The highest BCUT2D eigenvalue weighted by molar-refractivity contribution is 6.34. The maximum atomic E-state index is 13.0. The van der Waals surface area contributed by atoms with E-state index in [-0.39, 0.29) is 40.4 Å². The second-order valence-corrected chi connectivity index (χ2v) is 8.72. The minimum Gasteiger partial charge on any atom is -0.496 e. The van der Waals surface area contributed by atoms with Gasteiger partial charge in [-0.05, 0) is 43.2 Å². The van der Waals surface area contributed by atoms with Crippen molar-refractivity contribution in [3.63, 3.8) is 0 Å². The largest absolute Gasteiger partial charge is 0.496 e. The van der Waals surface area contributed by atoms with Gasteiger partial charge in [0.05, 0.1) is 42.1 Å². The van der Waals surface area contributed by atoms with Gasteiger partial charge in [-0.25, -0.2) is 4.39 Å². The van der Waals surface area contributed by atoms with Crippen molar-refractivity contribution in [2.75, 3.05) is 45.8 Å². The zero-order chi connectivity index (χ0) is 25.4. The highest BCUT2D eigenvalue weighted by Gasteiger charge is 2.31. The molecule has 3 rings (SSSR count). The molecule has 1 fully saturated rings. The molecule has 2 N–H and O–H groups in total. The van der Waals surface area contributed by atoms with Gasteiger partial charge in [0.15, 0.2) is 0 Å². The number of carbonyl (C=O) groups is 2. The van der Waals surface area contributed by atoms with Crippen LogP contribution in [0.4, 0.5) is 10.1 Å². The Morgan fingerprint density at radius 1 is 1.20 bits per heavy atom. The maximum Gasteiger partial charge on any atom is 0.255 e. The number of likely N-dealkylation sites (tertiary alicyclic amines) is 1. The fraction of sp³-hybridized carbons (Fsp3) is 0.440. The molecule has 0 aromatic heterocycles. The third-order valence-corrected chi connectivity index (χ3v) is 6.12. The molecule has 8 nitrogen and oxygen atoms in total. The Morgan fingerprint density at radius 2 is 1.94 bits per heavy atom. The molecule has 0 aliphatic carbocycles. The van der Waals surface area contributed by atoms with Crippen LogP contribution in [0.3, 0.4) is 0 Å². The molecule has 2 atom stereocenters. The summed E-state index contributed by atoms with van der Waals surface area (Å²) < 4.78 is 29.7. The lowest BCUT2D eigenvalue weighted by molar-refractivity contribution is -0.114. The van der Waals surface area contributed by atoms with Crippen LogP contribution >= 0.6 is 11.6 Å². The number of nitrogens with one attached hydrogen (secondary N) is 2. The number of anilines is 1. The van der Waals surface area contributed by atoms with E-state index >= 15 is 0 Å². The summed E-state index contributed by atoms with van der Waals surface area (Å²) in [7, 11) is 3.08. The summed E-state index contributed by atoms with van der Waals surface area (Å²) in [5, 5.41) is 5.90. The number of hydrogen-bond acceptors (Lipinski definition) is 6. The zero-order valence-electron chi connectivity index (χ0n) is 20.1. The third-order valence-electron chi connectivity index (χ3n) is 5.81. The number of amides is 2. The summed E-state index contributed by atoms with van der Waals surface area (Å²) in [6.45, 7) is 4.17. The maximum absolute atomic E-state index is 13.0. The third kappa shape index (κ3) is 7.55. The normalized spacial score (nSPS) is 18.1. The van der Waals surface area contributed by atoms with Crippen molar-refractivity contribution in [1.29, 1.82) is 0 Å². The first-order chi connectivity index (χ1) is 16.8. The molecule has 0 spiro atoms. The van der Waals surface area contributed by atoms with Gasteiger partial charge in [-0.2, -0.15) is 0 Å². The summed E-state index contributed by atoms with van der Waals surface area (Å²) in [6.07, 6.45) is 1.33.